The van der Waals surface area contributed by atoms with Crippen molar-refractivity contribution in [3.63, 3.8) is 0 Å². The first kappa shape index (κ1) is 8.12. The topological polar surface area (TPSA) is 0 Å². The second kappa shape index (κ2) is 2.73. The molecule has 4 aromatic carbocycles. The predicted molar refractivity (Wildman–Crippen MR) is 67.8 cm³/mol. The van der Waals surface area contributed by atoms with Crippen LogP contribution in [0.5, 0.6) is 0 Å². The Morgan fingerprint density at radius 1 is 0.688 bits per heavy atom. The summed E-state index contributed by atoms with van der Waals surface area (Å²) in [4.78, 5) is 0. The van der Waals surface area contributed by atoms with Crippen molar-refractivity contribution < 1.29 is 0 Å². The van der Waals surface area contributed by atoms with Crippen molar-refractivity contribution in [2.24, 2.45) is 0 Å². The van der Waals surface area contributed by atoms with Gasteiger partial charge in [0.1, 0.15) is 0 Å². The lowest BCUT2D eigenvalue weighted by atomic mass is 9.95. The SMILES string of the molecule is [c]1ccc2ccc3cccc4[c]cc1c2c43. The molecule has 0 aliphatic heterocycles. The van der Waals surface area contributed by atoms with Gasteiger partial charge in [0.15, 0.2) is 0 Å². The van der Waals surface area contributed by atoms with Crippen LogP contribution in [0.2, 0.25) is 0 Å². The second-order valence-corrected chi connectivity index (χ2v) is 4.11. The minimum absolute atomic E-state index is 1.15. The fraction of sp³-hybridized carbons (Fsp3) is 0. The van der Waals surface area contributed by atoms with Crippen LogP contribution in [0.15, 0.2) is 48.5 Å². The average molecular weight is 200 g/mol. The Morgan fingerprint density at radius 2 is 1.50 bits per heavy atom. The van der Waals surface area contributed by atoms with E-state index in [1.54, 1.807) is 0 Å². The molecule has 0 heteroatoms. The van der Waals surface area contributed by atoms with Gasteiger partial charge in [0.2, 0.25) is 0 Å². The Kier molecular flexibility index (Phi) is 1.39. The number of hydrogen-bond acceptors (Lipinski definition) is 0. The lowest BCUT2D eigenvalue weighted by Crippen LogP contribution is -1.82. The monoisotopic (exact) mass is 200 g/mol. The molecule has 0 aliphatic rings. The van der Waals surface area contributed by atoms with E-state index in [2.05, 4.69) is 48.5 Å². The fourth-order valence-corrected chi connectivity index (χ4v) is 2.50. The third-order valence-corrected chi connectivity index (χ3v) is 3.22. The van der Waals surface area contributed by atoms with Gasteiger partial charge in [0, 0.05) is 0 Å². The molecule has 0 aliphatic carbocycles. The van der Waals surface area contributed by atoms with Crippen molar-refractivity contribution in [1.82, 2.24) is 0 Å². The summed E-state index contributed by atoms with van der Waals surface area (Å²) < 4.78 is 0. The predicted octanol–water partition coefficient (Wildman–Crippen LogP) is 4.18. The van der Waals surface area contributed by atoms with Crippen LogP contribution in [0.3, 0.4) is 0 Å². The van der Waals surface area contributed by atoms with Gasteiger partial charge >= 0.3 is 0 Å². The molecule has 0 atom stereocenters. The van der Waals surface area contributed by atoms with Gasteiger partial charge in [-0.05, 0) is 50.5 Å². The van der Waals surface area contributed by atoms with Crippen molar-refractivity contribution in [3.8, 4) is 0 Å². The van der Waals surface area contributed by atoms with Gasteiger partial charge in [-0.15, -0.1) is 0 Å². The van der Waals surface area contributed by atoms with Crippen LogP contribution in [0.4, 0.5) is 0 Å². The highest BCUT2D eigenvalue weighted by molar-refractivity contribution is 6.22. The molecule has 16 heavy (non-hydrogen) atoms. The summed E-state index contributed by atoms with van der Waals surface area (Å²) in [5.41, 5.74) is 0. The van der Waals surface area contributed by atoms with E-state index in [1.165, 1.54) is 26.9 Å². The third kappa shape index (κ3) is 0.892. The highest BCUT2D eigenvalue weighted by Gasteiger charge is 2.06. The number of rotatable bonds is 0. The maximum atomic E-state index is 3.33. The van der Waals surface area contributed by atoms with Crippen molar-refractivity contribution in [2.75, 3.05) is 0 Å². The highest BCUT2D eigenvalue weighted by Crippen LogP contribution is 2.33. The smallest absolute Gasteiger partial charge is 0.00201 e. The molecular formula is C16H8. The van der Waals surface area contributed by atoms with E-state index in [-0.39, 0.29) is 0 Å². The minimum Gasteiger partial charge on any atom is -0.0610 e. The summed E-state index contributed by atoms with van der Waals surface area (Å²) in [6.45, 7) is 0. The molecule has 0 aromatic heterocycles. The quantitative estimate of drug-likeness (QED) is 0.373. The van der Waals surface area contributed by atoms with Crippen molar-refractivity contribution >= 4 is 32.3 Å². The molecule has 0 bridgehead atoms. The van der Waals surface area contributed by atoms with Gasteiger partial charge in [-0.25, -0.2) is 0 Å². The summed E-state index contributed by atoms with van der Waals surface area (Å²) in [5, 5.41) is 7.54. The Balaban J connectivity index is 2.51. The van der Waals surface area contributed by atoms with E-state index in [0.29, 0.717) is 0 Å². The van der Waals surface area contributed by atoms with E-state index in [9.17, 15) is 0 Å². The van der Waals surface area contributed by atoms with E-state index >= 15 is 0 Å². The highest BCUT2D eigenvalue weighted by atomic mass is 14.1. The second-order valence-electron chi connectivity index (χ2n) is 4.11. The van der Waals surface area contributed by atoms with Crippen molar-refractivity contribution in [1.29, 1.82) is 0 Å². The van der Waals surface area contributed by atoms with Crippen LogP contribution in [-0.2, 0) is 0 Å². The largest absolute Gasteiger partial charge is 0.0610 e. The first-order valence-corrected chi connectivity index (χ1v) is 5.39. The zero-order valence-electron chi connectivity index (χ0n) is 8.62. The van der Waals surface area contributed by atoms with Gasteiger partial charge in [-0.1, -0.05) is 42.5 Å². The standard InChI is InChI=1S/C16H8/c1-3-11-7-9-13-5-2-6-14-10-8-12(4-1)15(11)16(13)14/h1-5,7,9-10H. The minimum atomic E-state index is 1.15. The first-order chi connectivity index (χ1) is 7.93. The molecule has 0 amide bonds. The summed E-state index contributed by atoms with van der Waals surface area (Å²) in [6.07, 6.45) is 0. The molecule has 2 radical (unpaired) electrons. The van der Waals surface area contributed by atoms with Gasteiger partial charge in [0.25, 0.3) is 0 Å². The molecule has 4 aromatic rings. The van der Waals surface area contributed by atoms with Crippen LogP contribution < -0.4 is 0 Å². The zero-order chi connectivity index (χ0) is 10.5. The Hall–Kier alpha value is -2.08. The van der Waals surface area contributed by atoms with E-state index in [4.69, 9.17) is 0 Å². The van der Waals surface area contributed by atoms with Crippen LogP contribution in [0, 0.1) is 12.1 Å². The van der Waals surface area contributed by atoms with Crippen molar-refractivity contribution in [3.05, 3.63) is 60.7 Å². The van der Waals surface area contributed by atoms with E-state index in [0.717, 1.165) is 5.39 Å². The van der Waals surface area contributed by atoms with Gasteiger partial charge in [0.05, 0.1) is 0 Å². The summed E-state index contributed by atoms with van der Waals surface area (Å²) in [6, 6.07) is 23.5. The molecular weight excluding hydrogens is 192 g/mol. The molecule has 0 N–H and O–H groups in total. The van der Waals surface area contributed by atoms with Gasteiger partial charge in [-0.3, -0.25) is 0 Å². The summed E-state index contributed by atoms with van der Waals surface area (Å²) in [7, 11) is 0. The van der Waals surface area contributed by atoms with Crippen molar-refractivity contribution in [2.45, 2.75) is 0 Å². The molecule has 4 rings (SSSR count). The zero-order valence-corrected chi connectivity index (χ0v) is 8.62. The molecule has 0 saturated heterocycles. The van der Waals surface area contributed by atoms with Crippen LogP contribution in [0.1, 0.15) is 0 Å². The van der Waals surface area contributed by atoms with Crippen LogP contribution in [0.25, 0.3) is 32.3 Å². The maximum absolute atomic E-state index is 3.33. The molecule has 0 saturated carbocycles. The van der Waals surface area contributed by atoms with Gasteiger partial charge < -0.3 is 0 Å². The summed E-state index contributed by atoms with van der Waals surface area (Å²) in [5.74, 6) is 0. The fourth-order valence-electron chi connectivity index (χ4n) is 2.50. The first-order valence-electron chi connectivity index (χ1n) is 5.39. The Labute approximate surface area is 93.5 Å². The molecule has 0 unspecified atom stereocenters. The lowest BCUT2D eigenvalue weighted by Gasteiger charge is -2.09. The average Bonchev–Trinajstić information content (AvgIpc) is 2.36. The number of benzene rings is 4. The van der Waals surface area contributed by atoms with Crippen LogP contribution in [-0.4, -0.2) is 0 Å². The lowest BCUT2D eigenvalue weighted by molar-refractivity contribution is 1.76. The molecule has 0 fully saturated rings. The van der Waals surface area contributed by atoms with Gasteiger partial charge in [-0.2, -0.15) is 0 Å². The Morgan fingerprint density at radius 3 is 2.44 bits per heavy atom. The third-order valence-electron chi connectivity index (χ3n) is 3.22. The van der Waals surface area contributed by atoms with E-state index < -0.39 is 0 Å². The van der Waals surface area contributed by atoms with E-state index in [1.807, 2.05) is 12.1 Å². The normalized spacial score (nSPS) is 11.8. The molecule has 72 valence electrons. The van der Waals surface area contributed by atoms with Crippen LogP contribution >= 0.6 is 0 Å². The molecule has 0 spiro atoms. The molecule has 0 nitrogen and oxygen atoms in total. The Bertz CT molecular complexity index is 667. The molecule has 0 heterocycles. The summed E-state index contributed by atoms with van der Waals surface area (Å²) >= 11 is 0. The maximum Gasteiger partial charge on any atom is -0.00201 e. The number of hydrogen-bond donors (Lipinski definition) is 0.